The molecule has 1 aromatic heterocycles. The van der Waals surface area contributed by atoms with Crippen molar-refractivity contribution in [2.75, 3.05) is 5.75 Å². The topological polar surface area (TPSA) is 84.2 Å². The molecule has 0 fully saturated rings. The summed E-state index contributed by atoms with van der Waals surface area (Å²) in [6, 6.07) is -0.352. The van der Waals surface area contributed by atoms with E-state index in [1.54, 1.807) is 17.7 Å². The van der Waals surface area contributed by atoms with E-state index in [-0.39, 0.29) is 17.7 Å². The van der Waals surface area contributed by atoms with Crippen LogP contribution in [0.1, 0.15) is 32.5 Å². The van der Waals surface area contributed by atoms with Crippen molar-refractivity contribution >= 4 is 23.6 Å². The zero-order valence-corrected chi connectivity index (χ0v) is 12.3. The van der Waals surface area contributed by atoms with E-state index in [1.807, 2.05) is 20.8 Å². The van der Waals surface area contributed by atoms with E-state index in [9.17, 15) is 9.59 Å². The van der Waals surface area contributed by atoms with Crippen LogP contribution < -0.4 is 5.32 Å². The molecule has 0 spiro atoms. The number of nitrogens with zero attached hydrogens (tertiary/aromatic N) is 2. The molecule has 0 saturated heterocycles. The first-order valence-corrected chi connectivity index (χ1v) is 7.00. The molecule has 1 heterocycles. The zero-order chi connectivity index (χ0) is 14.6. The molecule has 0 aromatic carbocycles. The Kier molecular flexibility index (Phi) is 5.41. The van der Waals surface area contributed by atoms with Crippen molar-refractivity contribution in [1.82, 2.24) is 14.9 Å². The van der Waals surface area contributed by atoms with Crippen LogP contribution in [0.25, 0.3) is 0 Å². The number of carbonyl (C=O) groups excluding carboxylic acids is 1. The maximum atomic E-state index is 12.0. The molecule has 1 atom stereocenters. The average Bonchev–Trinajstić information content (AvgIpc) is 2.66. The normalized spacial score (nSPS) is 12.5. The van der Waals surface area contributed by atoms with Gasteiger partial charge in [0, 0.05) is 17.9 Å². The first-order valence-electron chi connectivity index (χ1n) is 6.01. The fourth-order valence-electron chi connectivity index (χ4n) is 1.65. The molecule has 0 radical (unpaired) electrons. The summed E-state index contributed by atoms with van der Waals surface area (Å²) < 4.78 is 1.76. The van der Waals surface area contributed by atoms with Crippen molar-refractivity contribution in [3.05, 3.63) is 11.9 Å². The Morgan fingerprint density at radius 2 is 2.11 bits per heavy atom. The minimum atomic E-state index is -0.906. The van der Waals surface area contributed by atoms with Gasteiger partial charge < -0.3 is 15.0 Å². The minimum Gasteiger partial charge on any atom is -0.481 e. The highest BCUT2D eigenvalue weighted by atomic mass is 32.2. The molecule has 19 heavy (non-hydrogen) atoms. The Labute approximate surface area is 116 Å². The third kappa shape index (κ3) is 4.27. The fourth-order valence-corrected chi connectivity index (χ4v) is 2.47. The number of carboxylic acid groups (broad SMARTS) is 1. The molecule has 1 amide bonds. The van der Waals surface area contributed by atoms with Gasteiger partial charge in [0.1, 0.15) is 6.04 Å². The largest absolute Gasteiger partial charge is 0.481 e. The molecule has 0 aliphatic carbocycles. The Hall–Kier alpha value is -1.50. The van der Waals surface area contributed by atoms with Crippen LogP contribution in [0.3, 0.4) is 0 Å². The predicted molar refractivity (Wildman–Crippen MR) is 73.3 cm³/mol. The quantitative estimate of drug-likeness (QED) is 0.773. The van der Waals surface area contributed by atoms with Gasteiger partial charge in [0.2, 0.25) is 5.91 Å². The standard InChI is InChI=1S/C12H19N3O3S/c1-7(2)14-11(18)9(4)15-8(3)5-13-12(15)19-6-10(16)17/h5,7,9H,6H2,1-4H3,(H,14,18)(H,16,17). The van der Waals surface area contributed by atoms with Crippen molar-refractivity contribution in [3.8, 4) is 0 Å². The van der Waals surface area contributed by atoms with E-state index in [0.29, 0.717) is 5.16 Å². The van der Waals surface area contributed by atoms with E-state index < -0.39 is 12.0 Å². The SMILES string of the molecule is Cc1cnc(SCC(=O)O)n1C(C)C(=O)NC(C)C. The molecule has 0 aliphatic heterocycles. The summed E-state index contributed by atoms with van der Waals surface area (Å²) in [6.07, 6.45) is 1.64. The average molecular weight is 285 g/mol. The Morgan fingerprint density at radius 3 is 2.63 bits per heavy atom. The molecule has 0 saturated carbocycles. The summed E-state index contributed by atoms with van der Waals surface area (Å²) in [5.41, 5.74) is 0.833. The number of nitrogens with one attached hydrogen (secondary N) is 1. The number of rotatable bonds is 6. The maximum Gasteiger partial charge on any atom is 0.313 e. The number of hydrogen-bond donors (Lipinski definition) is 2. The molecule has 7 heteroatoms. The molecule has 1 aromatic rings. The number of carbonyl (C=O) groups is 2. The second kappa shape index (κ2) is 6.60. The van der Waals surface area contributed by atoms with Crippen LogP contribution in [-0.4, -0.2) is 38.3 Å². The van der Waals surface area contributed by atoms with Gasteiger partial charge in [0.05, 0.1) is 5.75 Å². The van der Waals surface area contributed by atoms with E-state index in [4.69, 9.17) is 5.11 Å². The van der Waals surface area contributed by atoms with E-state index in [0.717, 1.165) is 17.5 Å². The summed E-state index contributed by atoms with van der Waals surface area (Å²) >= 11 is 1.11. The van der Waals surface area contributed by atoms with Gasteiger partial charge in [0.15, 0.2) is 5.16 Å². The number of aromatic nitrogens is 2. The monoisotopic (exact) mass is 285 g/mol. The van der Waals surface area contributed by atoms with Crippen molar-refractivity contribution in [1.29, 1.82) is 0 Å². The first-order chi connectivity index (χ1) is 8.82. The van der Waals surface area contributed by atoms with Gasteiger partial charge in [-0.1, -0.05) is 11.8 Å². The molecule has 2 N–H and O–H groups in total. The highest BCUT2D eigenvalue weighted by molar-refractivity contribution is 7.99. The Morgan fingerprint density at radius 1 is 1.47 bits per heavy atom. The summed E-state index contributed by atoms with van der Waals surface area (Å²) in [7, 11) is 0. The lowest BCUT2D eigenvalue weighted by Gasteiger charge is -2.19. The zero-order valence-electron chi connectivity index (χ0n) is 11.5. The summed E-state index contributed by atoms with van der Waals surface area (Å²) in [6.45, 7) is 7.41. The van der Waals surface area contributed by atoms with E-state index >= 15 is 0 Å². The predicted octanol–water partition coefficient (Wildman–Crippen LogP) is 1.45. The molecule has 1 rings (SSSR count). The van der Waals surface area contributed by atoms with Crippen molar-refractivity contribution in [3.63, 3.8) is 0 Å². The second-order valence-corrected chi connectivity index (χ2v) is 5.52. The lowest BCUT2D eigenvalue weighted by atomic mass is 10.2. The number of thioether (sulfide) groups is 1. The van der Waals surface area contributed by atoms with Crippen LogP contribution in [0.5, 0.6) is 0 Å². The number of aryl methyl sites for hydroxylation is 1. The van der Waals surface area contributed by atoms with Crippen LogP contribution in [-0.2, 0) is 9.59 Å². The molecule has 1 unspecified atom stereocenters. The summed E-state index contributed by atoms with van der Waals surface area (Å²) in [5.74, 6) is -1.08. The number of amides is 1. The second-order valence-electron chi connectivity index (χ2n) is 4.57. The summed E-state index contributed by atoms with van der Waals surface area (Å²) in [4.78, 5) is 26.8. The molecule has 106 valence electrons. The third-order valence-corrected chi connectivity index (χ3v) is 3.42. The van der Waals surface area contributed by atoms with Gasteiger partial charge in [-0.25, -0.2) is 4.98 Å². The molecular formula is C12H19N3O3S. The molecule has 0 bridgehead atoms. The molecule has 0 aliphatic rings. The van der Waals surface area contributed by atoms with Gasteiger partial charge in [-0.3, -0.25) is 9.59 Å². The van der Waals surface area contributed by atoms with Crippen LogP contribution >= 0.6 is 11.8 Å². The van der Waals surface area contributed by atoms with Gasteiger partial charge in [-0.15, -0.1) is 0 Å². The van der Waals surface area contributed by atoms with Gasteiger partial charge in [-0.2, -0.15) is 0 Å². The van der Waals surface area contributed by atoms with Crippen molar-refractivity contribution in [2.24, 2.45) is 0 Å². The van der Waals surface area contributed by atoms with Crippen molar-refractivity contribution < 1.29 is 14.7 Å². The third-order valence-electron chi connectivity index (χ3n) is 2.47. The van der Waals surface area contributed by atoms with Gasteiger partial charge in [0.25, 0.3) is 0 Å². The number of imidazole rings is 1. The first kappa shape index (κ1) is 15.6. The highest BCUT2D eigenvalue weighted by Gasteiger charge is 2.21. The van der Waals surface area contributed by atoms with Crippen LogP contribution in [0.2, 0.25) is 0 Å². The lowest BCUT2D eigenvalue weighted by Crippen LogP contribution is -2.36. The number of carboxylic acids is 1. The van der Waals surface area contributed by atoms with Gasteiger partial charge >= 0.3 is 5.97 Å². The molecular weight excluding hydrogens is 266 g/mol. The minimum absolute atomic E-state index is 0.0638. The number of aliphatic carboxylic acids is 1. The number of hydrogen-bond acceptors (Lipinski definition) is 4. The highest BCUT2D eigenvalue weighted by Crippen LogP contribution is 2.23. The van der Waals surface area contributed by atoms with E-state index in [1.165, 1.54) is 0 Å². The summed E-state index contributed by atoms with van der Waals surface area (Å²) in [5, 5.41) is 12.1. The Balaban J connectivity index is 2.89. The smallest absolute Gasteiger partial charge is 0.313 e. The van der Waals surface area contributed by atoms with Crippen LogP contribution in [0, 0.1) is 6.92 Å². The fraction of sp³-hybridized carbons (Fsp3) is 0.583. The van der Waals surface area contributed by atoms with Crippen LogP contribution in [0.15, 0.2) is 11.4 Å². The molecule has 6 nitrogen and oxygen atoms in total. The van der Waals surface area contributed by atoms with Crippen LogP contribution in [0.4, 0.5) is 0 Å². The maximum absolute atomic E-state index is 12.0. The van der Waals surface area contributed by atoms with E-state index in [2.05, 4.69) is 10.3 Å². The Bertz CT molecular complexity index is 471. The van der Waals surface area contributed by atoms with Gasteiger partial charge in [-0.05, 0) is 27.7 Å². The lowest BCUT2D eigenvalue weighted by molar-refractivity contribution is -0.134. The van der Waals surface area contributed by atoms with Crippen molar-refractivity contribution in [2.45, 2.75) is 44.9 Å².